The van der Waals surface area contributed by atoms with E-state index in [1.165, 1.54) is 49.6 Å². The van der Waals surface area contributed by atoms with Gasteiger partial charge < -0.3 is 15.4 Å². The van der Waals surface area contributed by atoms with Gasteiger partial charge in [-0.05, 0) is 55.0 Å². The Morgan fingerprint density at radius 1 is 0.976 bits per heavy atom. The van der Waals surface area contributed by atoms with Gasteiger partial charge in [0.1, 0.15) is 22.7 Å². The van der Waals surface area contributed by atoms with Crippen LogP contribution in [0.25, 0.3) is 22.3 Å². The Balaban J connectivity index is 1.74. The lowest BCUT2D eigenvalue weighted by Gasteiger charge is -2.17. The third kappa shape index (κ3) is 7.20. The average molecular weight is 611 g/mol. The Labute approximate surface area is 234 Å². The van der Waals surface area contributed by atoms with Crippen LogP contribution in [0.15, 0.2) is 64.4 Å². The first-order valence-electron chi connectivity index (χ1n) is 11.8. The van der Waals surface area contributed by atoms with Crippen LogP contribution in [-0.4, -0.2) is 57.9 Å². The van der Waals surface area contributed by atoms with Crippen LogP contribution in [0, 0.1) is 0 Å². The number of halogens is 3. The van der Waals surface area contributed by atoms with Gasteiger partial charge >= 0.3 is 6.18 Å². The standard InChI is InChI=1S/C25H25F3N6O5S2/c1-14(15-4-7-17(8-5-15)41(29,37)38)31-24-33-19-10-9-18(32-22(19)23(34-24)30-13-25(26,27)28)16-6-11-20(39-2)21(12-16)40(3,35)36/h4-12,14H,13H2,1-3H3,(H2,29,37,38)(H2,30,31,33,34)/t14-/m1/s1. The summed E-state index contributed by atoms with van der Waals surface area (Å²) in [4.78, 5) is 12.9. The summed E-state index contributed by atoms with van der Waals surface area (Å²) >= 11 is 0. The van der Waals surface area contributed by atoms with E-state index >= 15 is 0 Å². The Kier molecular flexibility index (Phi) is 8.11. The molecule has 0 fully saturated rings. The van der Waals surface area contributed by atoms with Crippen LogP contribution in [-0.2, 0) is 19.9 Å². The minimum atomic E-state index is -4.55. The van der Waals surface area contributed by atoms with E-state index in [4.69, 9.17) is 9.88 Å². The minimum Gasteiger partial charge on any atom is -0.495 e. The van der Waals surface area contributed by atoms with Crippen molar-refractivity contribution >= 4 is 42.7 Å². The van der Waals surface area contributed by atoms with Gasteiger partial charge in [0.25, 0.3) is 0 Å². The van der Waals surface area contributed by atoms with E-state index in [1.54, 1.807) is 19.1 Å². The first-order chi connectivity index (χ1) is 19.0. The van der Waals surface area contributed by atoms with E-state index in [-0.39, 0.29) is 44.0 Å². The number of anilines is 2. The van der Waals surface area contributed by atoms with Crippen LogP contribution in [0.3, 0.4) is 0 Å². The molecule has 0 radical (unpaired) electrons. The highest BCUT2D eigenvalue weighted by molar-refractivity contribution is 7.90. The highest BCUT2D eigenvalue weighted by Gasteiger charge is 2.28. The lowest BCUT2D eigenvalue weighted by Crippen LogP contribution is -2.22. The molecule has 0 saturated heterocycles. The highest BCUT2D eigenvalue weighted by atomic mass is 32.2. The van der Waals surface area contributed by atoms with Crippen LogP contribution in [0.1, 0.15) is 18.5 Å². The van der Waals surface area contributed by atoms with Crippen molar-refractivity contribution in [2.75, 3.05) is 30.5 Å². The number of nitrogens with one attached hydrogen (secondary N) is 2. The molecule has 0 bridgehead atoms. The molecule has 41 heavy (non-hydrogen) atoms. The van der Waals surface area contributed by atoms with Crippen molar-refractivity contribution in [3.8, 4) is 17.0 Å². The molecule has 11 nitrogen and oxygen atoms in total. The predicted molar refractivity (Wildman–Crippen MR) is 147 cm³/mol. The second-order valence-corrected chi connectivity index (χ2v) is 12.6. The van der Waals surface area contributed by atoms with Crippen molar-refractivity contribution in [2.45, 2.75) is 28.9 Å². The summed E-state index contributed by atoms with van der Waals surface area (Å²) in [6, 6.07) is 12.7. The number of methoxy groups -OCH3 is 1. The van der Waals surface area contributed by atoms with Gasteiger partial charge in [-0.25, -0.2) is 31.9 Å². The van der Waals surface area contributed by atoms with Crippen LogP contribution in [0.5, 0.6) is 5.75 Å². The van der Waals surface area contributed by atoms with Gasteiger partial charge in [0, 0.05) is 11.8 Å². The largest absolute Gasteiger partial charge is 0.495 e. The molecule has 4 rings (SSSR count). The zero-order valence-electron chi connectivity index (χ0n) is 21.9. The Morgan fingerprint density at radius 3 is 2.24 bits per heavy atom. The smallest absolute Gasteiger partial charge is 0.405 e. The SMILES string of the molecule is COc1ccc(-c2ccc3nc(N[C@H](C)c4ccc(S(N)(=O)=O)cc4)nc(NCC(F)(F)F)c3n2)cc1S(C)(=O)=O. The van der Waals surface area contributed by atoms with Gasteiger partial charge in [0.15, 0.2) is 15.7 Å². The molecule has 4 aromatic rings. The summed E-state index contributed by atoms with van der Waals surface area (Å²) < 4.78 is 92.0. The summed E-state index contributed by atoms with van der Waals surface area (Å²) in [6.07, 6.45) is -3.53. The molecular formula is C25H25F3N6O5S2. The molecule has 0 amide bonds. The number of rotatable bonds is 9. The fourth-order valence-electron chi connectivity index (χ4n) is 3.90. The lowest BCUT2D eigenvalue weighted by molar-refractivity contribution is -0.115. The van der Waals surface area contributed by atoms with E-state index in [1.807, 2.05) is 0 Å². The molecule has 2 aromatic heterocycles. The number of ether oxygens (including phenoxy) is 1. The fraction of sp³-hybridized carbons (Fsp3) is 0.240. The maximum absolute atomic E-state index is 13.1. The third-order valence-corrected chi connectivity index (χ3v) is 7.96. The first kappa shape index (κ1) is 30.0. The third-order valence-electron chi connectivity index (χ3n) is 5.91. The number of pyridine rings is 1. The topological polar surface area (TPSA) is 166 Å². The van der Waals surface area contributed by atoms with Gasteiger partial charge in [-0.2, -0.15) is 18.2 Å². The minimum absolute atomic E-state index is 0.0106. The van der Waals surface area contributed by atoms with Gasteiger partial charge in [-0.15, -0.1) is 0 Å². The van der Waals surface area contributed by atoms with Gasteiger partial charge in [0.05, 0.1) is 29.3 Å². The summed E-state index contributed by atoms with van der Waals surface area (Å²) in [5.74, 6) is -0.0779. The number of fused-ring (bicyclic) bond motifs is 1. The van der Waals surface area contributed by atoms with Crippen molar-refractivity contribution in [2.24, 2.45) is 5.14 Å². The molecule has 4 N–H and O–H groups in total. The number of alkyl halides is 3. The van der Waals surface area contributed by atoms with Crippen molar-refractivity contribution in [1.29, 1.82) is 0 Å². The second-order valence-electron chi connectivity index (χ2n) is 9.05. The summed E-state index contributed by atoms with van der Waals surface area (Å²) in [5, 5.41) is 10.4. The number of nitrogens with two attached hydrogens (primary N) is 1. The normalized spacial score (nSPS) is 13.1. The average Bonchev–Trinajstić information content (AvgIpc) is 2.89. The van der Waals surface area contributed by atoms with Crippen molar-refractivity contribution < 1.29 is 34.7 Å². The van der Waals surface area contributed by atoms with Crippen LogP contribution in [0.2, 0.25) is 0 Å². The van der Waals surface area contributed by atoms with Gasteiger partial charge in [-0.1, -0.05) is 12.1 Å². The second kappa shape index (κ2) is 11.1. The molecule has 2 heterocycles. The number of sulfonamides is 1. The molecular weight excluding hydrogens is 585 g/mol. The van der Waals surface area contributed by atoms with E-state index in [0.29, 0.717) is 11.1 Å². The number of hydrogen-bond donors (Lipinski definition) is 3. The van der Waals surface area contributed by atoms with Crippen LogP contribution < -0.4 is 20.5 Å². The monoisotopic (exact) mass is 610 g/mol. The van der Waals surface area contributed by atoms with Crippen molar-refractivity contribution in [3.63, 3.8) is 0 Å². The maximum Gasteiger partial charge on any atom is 0.405 e. The van der Waals surface area contributed by atoms with E-state index in [9.17, 15) is 30.0 Å². The van der Waals surface area contributed by atoms with Crippen molar-refractivity contribution in [3.05, 3.63) is 60.2 Å². The van der Waals surface area contributed by atoms with E-state index in [0.717, 1.165) is 6.26 Å². The number of aromatic nitrogens is 3. The number of nitrogens with zero attached hydrogens (tertiary/aromatic N) is 3. The summed E-state index contributed by atoms with van der Waals surface area (Å²) in [5.41, 5.74) is 1.53. The number of sulfone groups is 1. The number of benzene rings is 2. The molecule has 16 heteroatoms. The Morgan fingerprint density at radius 2 is 1.66 bits per heavy atom. The van der Waals surface area contributed by atoms with Crippen LogP contribution in [0.4, 0.5) is 24.9 Å². The number of hydrogen-bond acceptors (Lipinski definition) is 10. The molecule has 0 aliphatic rings. The molecule has 0 aliphatic heterocycles. The number of primary sulfonamides is 1. The zero-order valence-corrected chi connectivity index (χ0v) is 23.5. The fourth-order valence-corrected chi connectivity index (χ4v) is 5.27. The molecule has 0 unspecified atom stereocenters. The summed E-state index contributed by atoms with van der Waals surface area (Å²) in [7, 11) is -6.21. The molecule has 0 saturated carbocycles. The zero-order chi connectivity index (χ0) is 30.2. The molecule has 0 spiro atoms. The molecule has 1 atom stereocenters. The highest BCUT2D eigenvalue weighted by Crippen LogP contribution is 2.32. The molecule has 218 valence electrons. The maximum atomic E-state index is 13.1. The Hall–Kier alpha value is -4.02. The quantitative estimate of drug-likeness (QED) is 0.253. The van der Waals surface area contributed by atoms with E-state index in [2.05, 4.69) is 25.6 Å². The molecule has 0 aliphatic carbocycles. The van der Waals surface area contributed by atoms with Crippen LogP contribution >= 0.6 is 0 Å². The lowest BCUT2D eigenvalue weighted by atomic mass is 10.1. The van der Waals surface area contributed by atoms with Gasteiger partial charge in [-0.3, -0.25) is 0 Å². The van der Waals surface area contributed by atoms with Gasteiger partial charge in [0.2, 0.25) is 16.0 Å². The Bertz CT molecular complexity index is 1820. The summed E-state index contributed by atoms with van der Waals surface area (Å²) in [6.45, 7) is 0.336. The molecule has 2 aromatic carbocycles. The first-order valence-corrected chi connectivity index (χ1v) is 15.3. The van der Waals surface area contributed by atoms with E-state index < -0.39 is 38.6 Å². The van der Waals surface area contributed by atoms with Crippen molar-refractivity contribution in [1.82, 2.24) is 15.0 Å². The predicted octanol–water partition coefficient (Wildman–Crippen LogP) is 3.90.